The highest BCUT2D eigenvalue weighted by molar-refractivity contribution is 7.89. The second-order valence-electron chi connectivity index (χ2n) is 8.75. The molecule has 3 fully saturated rings. The minimum absolute atomic E-state index is 0.126. The first kappa shape index (κ1) is 24.4. The standard InChI is InChI=1S/C23H35N3O6S/c27-23(8-14-31-18-19-5-4-13-32-19)24-21-17-20(33(28,29)26-11-15-30-16-12-26)6-7-22(21)25-9-2-1-3-10-25/h6-7,17,19H,1-5,8-16,18H2,(H,24,27). The van der Waals surface area contributed by atoms with Crippen molar-refractivity contribution in [2.24, 2.45) is 0 Å². The van der Waals surface area contributed by atoms with Crippen LogP contribution in [0.25, 0.3) is 0 Å². The Balaban J connectivity index is 1.45. The molecule has 1 atom stereocenters. The molecule has 1 unspecified atom stereocenters. The van der Waals surface area contributed by atoms with E-state index in [-0.39, 0.29) is 23.3 Å². The number of carbonyl (C=O) groups is 1. The molecule has 4 rings (SSSR count). The van der Waals surface area contributed by atoms with E-state index in [1.165, 1.54) is 10.7 Å². The molecule has 0 spiro atoms. The Morgan fingerprint density at radius 2 is 1.85 bits per heavy atom. The van der Waals surface area contributed by atoms with Crippen molar-refractivity contribution >= 4 is 27.3 Å². The molecule has 1 amide bonds. The molecule has 9 nitrogen and oxygen atoms in total. The molecule has 0 aromatic heterocycles. The molecule has 184 valence electrons. The van der Waals surface area contributed by atoms with Gasteiger partial charge in [0.05, 0.1) is 55.2 Å². The number of hydrogen-bond donors (Lipinski definition) is 1. The van der Waals surface area contributed by atoms with Gasteiger partial charge in [-0.2, -0.15) is 4.31 Å². The lowest BCUT2D eigenvalue weighted by atomic mass is 10.1. The van der Waals surface area contributed by atoms with Gasteiger partial charge in [0.15, 0.2) is 0 Å². The third-order valence-corrected chi connectivity index (χ3v) is 8.24. The summed E-state index contributed by atoms with van der Waals surface area (Å²) in [5, 5.41) is 2.95. The molecule has 3 aliphatic rings. The lowest BCUT2D eigenvalue weighted by Gasteiger charge is -2.31. The molecule has 33 heavy (non-hydrogen) atoms. The van der Waals surface area contributed by atoms with E-state index in [2.05, 4.69) is 10.2 Å². The maximum absolute atomic E-state index is 13.2. The highest BCUT2D eigenvalue weighted by Gasteiger charge is 2.28. The summed E-state index contributed by atoms with van der Waals surface area (Å²) in [5.74, 6) is -0.193. The van der Waals surface area contributed by atoms with E-state index in [0.29, 0.717) is 45.2 Å². The molecule has 0 bridgehead atoms. The SMILES string of the molecule is O=C(CCOCC1CCCO1)Nc1cc(S(=O)(=O)N2CCOCC2)ccc1N1CCCCC1. The number of piperidine rings is 1. The molecule has 1 N–H and O–H groups in total. The zero-order chi connectivity index (χ0) is 23.1. The largest absolute Gasteiger partial charge is 0.379 e. The van der Waals surface area contributed by atoms with Crippen LogP contribution in [0.2, 0.25) is 0 Å². The van der Waals surface area contributed by atoms with Crippen molar-refractivity contribution in [2.45, 2.75) is 49.5 Å². The minimum Gasteiger partial charge on any atom is -0.379 e. The van der Waals surface area contributed by atoms with Crippen molar-refractivity contribution in [3.8, 4) is 0 Å². The monoisotopic (exact) mass is 481 g/mol. The Kier molecular flexibility index (Phi) is 8.59. The fourth-order valence-electron chi connectivity index (χ4n) is 4.49. The molecule has 10 heteroatoms. The van der Waals surface area contributed by atoms with Crippen molar-refractivity contribution < 1.29 is 27.4 Å². The van der Waals surface area contributed by atoms with E-state index in [1.54, 1.807) is 12.1 Å². The van der Waals surface area contributed by atoms with Crippen molar-refractivity contribution in [3.05, 3.63) is 18.2 Å². The van der Waals surface area contributed by atoms with Gasteiger partial charge in [-0.1, -0.05) is 0 Å². The van der Waals surface area contributed by atoms with Crippen LogP contribution in [0, 0.1) is 0 Å². The van der Waals surface area contributed by atoms with Gasteiger partial charge >= 0.3 is 0 Å². The topological polar surface area (TPSA) is 97.4 Å². The first-order valence-corrected chi connectivity index (χ1v) is 13.4. The Bertz CT molecular complexity index is 891. The van der Waals surface area contributed by atoms with Crippen molar-refractivity contribution in [2.75, 3.05) is 69.4 Å². The summed E-state index contributed by atoms with van der Waals surface area (Å²) in [5.41, 5.74) is 1.40. The van der Waals surface area contributed by atoms with Gasteiger partial charge in [0, 0.05) is 32.8 Å². The number of carbonyl (C=O) groups excluding carboxylic acids is 1. The van der Waals surface area contributed by atoms with Gasteiger partial charge in [-0.05, 0) is 50.3 Å². The zero-order valence-electron chi connectivity index (χ0n) is 19.2. The van der Waals surface area contributed by atoms with Crippen LogP contribution in [0.1, 0.15) is 38.5 Å². The average Bonchev–Trinajstić information content (AvgIpc) is 3.36. The van der Waals surface area contributed by atoms with Gasteiger partial charge in [-0.3, -0.25) is 4.79 Å². The minimum atomic E-state index is -3.65. The van der Waals surface area contributed by atoms with E-state index < -0.39 is 10.0 Å². The molecular formula is C23H35N3O6S. The summed E-state index contributed by atoms with van der Waals surface area (Å²) >= 11 is 0. The lowest BCUT2D eigenvalue weighted by Crippen LogP contribution is -2.40. The van der Waals surface area contributed by atoms with Crippen LogP contribution in [0.4, 0.5) is 11.4 Å². The van der Waals surface area contributed by atoms with E-state index in [0.717, 1.165) is 51.1 Å². The number of anilines is 2. The third-order valence-electron chi connectivity index (χ3n) is 6.35. The lowest BCUT2D eigenvalue weighted by molar-refractivity contribution is -0.117. The summed E-state index contributed by atoms with van der Waals surface area (Å²) < 4.78 is 44.2. The third kappa shape index (κ3) is 6.45. The molecule has 0 radical (unpaired) electrons. The first-order chi connectivity index (χ1) is 16.0. The number of ether oxygens (including phenoxy) is 3. The second-order valence-corrected chi connectivity index (χ2v) is 10.7. The van der Waals surface area contributed by atoms with Crippen molar-refractivity contribution in [3.63, 3.8) is 0 Å². The van der Waals surface area contributed by atoms with Crippen LogP contribution in [0.15, 0.2) is 23.1 Å². The molecule has 3 aliphatic heterocycles. The normalized spacial score (nSPS) is 22.4. The predicted molar refractivity (Wildman–Crippen MR) is 125 cm³/mol. The molecule has 1 aromatic carbocycles. The number of benzene rings is 1. The number of nitrogens with zero attached hydrogens (tertiary/aromatic N) is 2. The van der Waals surface area contributed by atoms with Crippen LogP contribution in [0.3, 0.4) is 0 Å². The van der Waals surface area contributed by atoms with E-state index in [9.17, 15) is 13.2 Å². The first-order valence-electron chi connectivity index (χ1n) is 12.0. The highest BCUT2D eigenvalue weighted by atomic mass is 32.2. The second kappa shape index (κ2) is 11.6. The molecular weight excluding hydrogens is 446 g/mol. The summed E-state index contributed by atoms with van der Waals surface area (Å²) in [6.07, 6.45) is 5.72. The van der Waals surface area contributed by atoms with E-state index >= 15 is 0 Å². The van der Waals surface area contributed by atoms with Crippen LogP contribution >= 0.6 is 0 Å². The molecule has 3 heterocycles. The summed E-state index contributed by atoms with van der Waals surface area (Å²) in [6.45, 7) is 4.81. The summed E-state index contributed by atoms with van der Waals surface area (Å²) in [7, 11) is -3.65. The van der Waals surface area contributed by atoms with E-state index in [4.69, 9.17) is 14.2 Å². The van der Waals surface area contributed by atoms with Gasteiger partial charge in [-0.25, -0.2) is 8.42 Å². The molecule has 0 aliphatic carbocycles. The number of amides is 1. The fraction of sp³-hybridized carbons (Fsp3) is 0.696. The number of rotatable bonds is 9. The Hall–Kier alpha value is -1.72. The Morgan fingerprint density at radius 1 is 1.06 bits per heavy atom. The van der Waals surface area contributed by atoms with Gasteiger partial charge in [0.25, 0.3) is 0 Å². The maximum Gasteiger partial charge on any atom is 0.243 e. The smallest absolute Gasteiger partial charge is 0.243 e. The van der Waals surface area contributed by atoms with Crippen LogP contribution in [0.5, 0.6) is 0 Å². The van der Waals surface area contributed by atoms with Gasteiger partial charge < -0.3 is 24.4 Å². The van der Waals surface area contributed by atoms with Crippen LogP contribution in [-0.4, -0.2) is 83.9 Å². The van der Waals surface area contributed by atoms with Crippen LogP contribution in [-0.2, 0) is 29.0 Å². The number of hydrogen-bond acceptors (Lipinski definition) is 7. The molecule has 1 aromatic rings. The average molecular weight is 482 g/mol. The quantitative estimate of drug-likeness (QED) is 0.540. The molecule has 3 saturated heterocycles. The predicted octanol–water partition coefficient (Wildman–Crippen LogP) is 2.22. The van der Waals surface area contributed by atoms with Crippen LogP contribution < -0.4 is 10.2 Å². The van der Waals surface area contributed by atoms with Crippen molar-refractivity contribution in [1.29, 1.82) is 0 Å². The van der Waals surface area contributed by atoms with Gasteiger partial charge in [-0.15, -0.1) is 0 Å². The van der Waals surface area contributed by atoms with Gasteiger partial charge in [0.2, 0.25) is 15.9 Å². The number of nitrogens with one attached hydrogen (secondary N) is 1. The summed E-state index contributed by atoms with van der Waals surface area (Å²) in [4.78, 5) is 15.1. The van der Waals surface area contributed by atoms with Gasteiger partial charge in [0.1, 0.15) is 0 Å². The Labute approximate surface area is 196 Å². The number of sulfonamides is 1. The maximum atomic E-state index is 13.2. The van der Waals surface area contributed by atoms with E-state index in [1.807, 2.05) is 6.07 Å². The summed E-state index contributed by atoms with van der Waals surface area (Å²) in [6, 6.07) is 5.07. The number of morpholine rings is 1. The van der Waals surface area contributed by atoms with Crippen molar-refractivity contribution in [1.82, 2.24) is 4.31 Å². The molecule has 0 saturated carbocycles. The highest BCUT2D eigenvalue weighted by Crippen LogP contribution is 2.32. The zero-order valence-corrected chi connectivity index (χ0v) is 20.0. The fourth-order valence-corrected chi connectivity index (χ4v) is 5.93. The Morgan fingerprint density at radius 3 is 2.58 bits per heavy atom.